The van der Waals surface area contributed by atoms with Gasteiger partial charge in [-0.15, -0.1) is 0 Å². The van der Waals surface area contributed by atoms with Crippen LogP contribution < -0.4 is 5.14 Å². The van der Waals surface area contributed by atoms with E-state index in [1.54, 1.807) is 0 Å². The summed E-state index contributed by atoms with van der Waals surface area (Å²) in [5.41, 5.74) is 0. The molecule has 0 saturated carbocycles. The molecule has 4 nitrogen and oxygen atoms in total. The van der Waals surface area contributed by atoms with Crippen LogP contribution in [0.5, 0.6) is 0 Å². The lowest BCUT2D eigenvalue weighted by Gasteiger charge is -2.10. The van der Waals surface area contributed by atoms with Crippen molar-refractivity contribution in [2.24, 2.45) is 5.14 Å². The molecule has 0 amide bonds. The van der Waals surface area contributed by atoms with E-state index in [1.165, 1.54) is 18.4 Å². The zero-order valence-electron chi connectivity index (χ0n) is 8.27. The standard InChI is InChI=1S/C9H15N3OS/c1-7-11-9(14-10)6-12(7)5-8-3-2-4-13-8/h6,8H,2-5,10H2,1H3. The van der Waals surface area contributed by atoms with Gasteiger partial charge in [0.15, 0.2) is 0 Å². The molecule has 0 spiro atoms. The van der Waals surface area contributed by atoms with E-state index in [1.807, 2.05) is 13.1 Å². The molecule has 1 atom stereocenters. The van der Waals surface area contributed by atoms with E-state index in [2.05, 4.69) is 9.55 Å². The lowest BCUT2D eigenvalue weighted by Crippen LogP contribution is -2.15. The van der Waals surface area contributed by atoms with Crippen LogP contribution in [0.1, 0.15) is 18.7 Å². The first-order valence-corrected chi connectivity index (χ1v) is 5.69. The van der Waals surface area contributed by atoms with Crippen molar-refractivity contribution in [3.63, 3.8) is 0 Å². The Morgan fingerprint density at radius 1 is 1.79 bits per heavy atom. The fourth-order valence-electron chi connectivity index (χ4n) is 1.73. The molecule has 5 heteroatoms. The van der Waals surface area contributed by atoms with Crippen LogP contribution in [0.4, 0.5) is 0 Å². The first-order valence-electron chi connectivity index (χ1n) is 4.81. The molecule has 0 radical (unpaired) electrons. The van der Waals surface area contributed by atoms with Gasteiger partial charge in [0, 0.05) is 12.8 Å². The molecule has 2 rings (SSSR count). The normalized spacial score (nSPS) is 21.7. The zero-order valence-corrected chi connectivity index (χ0v) is 9.09. The number of aryl methyl sites for hydroxylation is 1. The van der Waals surface area contributed by atoms with E-state index in [0.717, 1.165) is 30.4 Å². The molecule has 1 aliphatic rings. The van der Waals surface area contributed by atoms with Crippen LogP contribution in [0, 0.1) is 6.92 Å². The van der Waals surface area contributed by atoms with Crippen molar-refractivity contribution in [2.45, 2.75) is 37.4 Å². The zero-order chi connectivity index (χ0) is 9.97. The molecule has 1 aromatic heterocycles. The summed E-state index contributed by atoms with van der Waals surface area (Å²) in [6.07, 6.45) is 4.68. The molecule has 78 valence electrons. The maximum Gasteiger partial charge on any atom is 0.129 e. The molecular weight excluding hydrogens is 198 g/mol. The van der Waals surface area contributed by atoms with Crippen LogP contribution in [-0.4, -0.2) is 22.3 Å². The Labute approximate surface area is 88.0 Å². The predicted molar refractivity (Wildman–Crippen MR) is 56.0 cm³/mol. The first kappa shape index (κ1) is 10.0. The first-order chi connectivity index (χ1) is 6.79. The largest absolute Gasteiger partial charge is 0.376 e. The summed E-state index contributed by atoms with van der Waals surface area (Å²) in [5, 5.41) is 6.33. The Bertz CT molecular complexity index is 307. The van der Waals surface area contributed by atoms with Crippen molar-refractivity contribution < 1.29 is 4.74 Å². The van der Waals surface area contributed by atoms with Gasteiger partial charge in [-0.25, -0.2) is 4.98 Å². The summed E-state index contributed by atoms with van der Waals surface area (Å²) in [6.45, 7) is 3.80. The number of imidazole rings is 1. The number of nitrogens with zero attached hydrogens (tertiary/aromatic N) is 2. The van der Waals surface area contributed by atoms with E-state index < -0.39 is 0 Å². The molecule has 1 saturated heterocycles. The average molecular weight is 213 g/mol. The Balaban J connectivity index is 2.03. The second-order valence-electron chi connectivity index (χ2n) is 3.53. The van der Waals surface area contributed by atoms with Crippen LogP contribution in [0.25, 0.3) is 0 Å². The minimum Gasteiger partial charge on any atom is -0.376 e. The molecule has 1 fully saturated rings. The van der Waals surface area contributed by atoms with Crippen LogP contribution in [0.2, 0.25) is 0 Å². The van der Waals surface area contributed by atoms with Gasteiger partial charge in [0.1, 0.15) is 10.9 Å². The maximum absolute atomic E-state index is 5.57. The highest BCUT2D eigenvalue weighted by Crippen LogP contribution is 2.17. The number of aromatic nitrogens is 2. The van der Waals surface area contributed by atoms with Gasteiger partial charge in [-0.3, -0.25) is 5.14 Å². The Morgan fingerprint density at radius 3 is 3.21 bits per heavy atom. The van der Waals surface area contributed by atoms with Crippen LogP contribution in [-0.2, 0) is 11.3 Å². The lowest BCUT2D eigenvalue weighted by atomic mass is 10.2. The summed E-state index contributed by atoms with van der Waals surface area (Å²) in [6, 6.07) is 0. The van der Waals surface area contributed by atoms with Crippen molar-refractivity contribution in [1.82, 2.24) is 9.55 Å². The molecule has 0 aromatic carbocycles. The monoisotopic (exact) mass is 213 g/mol. The van der Waals surface area contributed by atoms with E-state index in [9.17, 15) is 0 Å². The second-order valence-corrected chi connectivity index (χ2v) is 4.19. The van der Waals surface area contributed by atoms with Crippen molar-refractivity contribution in [3.8, 4) is 0 Å². The topological polar surface area (TPSA) is 53.1 Å². The molecule has 1 aliphatic heterocycles. The van der Waals surface area contributed by atoms with Gasteiger partial charge in [-0.1, -0.05) is 0 Å². The maximum atomic E-state index is 5.57. The number of nitrogens with two attached hydrogens (primary N) is 1. The molecule has 0 aliphatic carbocycles. The quantitative estimate of drug-likeness (QED) is 0.770. The fraction of sp³-hybridized carbons (Fsp3) is 0.667. The Morgan fingerprint density at radius 2 is 2.64 bits per heavy atom. The van der Waals surface area contributed by atoms with E-state index in [-0.39, 0.29) is 0 Å². The van der Waals surface area contributed by atoms with Crippen molar-refractivity contribution in [3.05, 3.63) is 12.0 Å². The SMILES string of the molecule is Cc1nc(SN)cn1CC1CCCO1. The summed E-state index contributed by atoms with van der Waals surface area (Å²) in [5.74, 6) is 1.01. The highest BCUT2D eigenvalue weighted by Gasteiger charge is 2.17. The van der Waals surface area contributed by atoms with Gasteiger partial charge in [-0.2, -0.15) is 0 Å². The van der Waals surface area contributed by atoms with E-state index in [0.29, 0.717) is 6.10 Å². The molecule has 14 heavy (non-hydrogen) atoms. The minimum atomic E-state index is 0.360. The van der Waals surface area contributed by atoms with Crippen LogP contribution >= 0.6 is 11.9 Å². The summed E-state index contributed by atoms with van der Waals surface area (Å²) in [7, 11) is 0. The molecule has 1 unspecified atom stereocenters. The molecule has 0 bridgehead atoms. The van der Waals surface area contributed by atoms with E-state index >= 15 is 0 Å². The summed E-state index contributed by atoms with van der Waals surface area (Å²) < 4.78 is 7.68. The lowest BCUT2D eigenvalue weighted by molar-refractivity contribution is 0.0964. The van der Waals surface area contributed by atoms with Crippen molar-refractivity contribution >= 4 is 11.9 Å². The third-order valence-corrected chi connectivity index (χ3v) is 2.94. The van der Waals surface area contributed by atoms with Crippen molar-refractivity contribution in [2.75, 3.05) is 6.61 Å². The van der Waals surface area contributed by atoms with Gasteiger partial charge in [-0.05, 0) is 31.7 Å². The fourth-order valence-corrected chi connectivity index (χ4v) is 2.10. The Hall–Kier alpha value is -0.520. The number of hydrogen-bond acceptors (Lipinski definition) is 4. The molecule has 1 aromatic rings. The number of rotatable bonds is 3. The average Bonchev–Trinajstić information content (AvgIpc) is 2.78. The van der Waals surface area contributed by atoms with Gasteiger partial charge in [0.05, 0.1) is 12.6 Å². The summed E-state index contributed by atoms with van der Waals surface area (Å²) in [4.78, 5) is 4.32. The molecule has 2 heterocycles. The Kier molecular flexibility index (Phi) is 3.10. The minimum absolute atomic E-state index is 0.360. The second kappa shape index (κ2) is 4.33. The van der Waals surface area contributed by atoms with Crippen LogP contribution in [0.15, 0.2) is 11.2 Å². The number of ether oxygens (including phenoxy) is 1. The van der Waals surface area contributed by atoms with Crippen LogP contribution in [0.3, 0.4) is 0 Å². The van der Waals surface area contributed by atoms with Crippen molar-refractivity contribution in [1.29, 1.82) is 0 Å². The van der Waals surface area contributed by atoms with Gasteiger partial charge >= 0.3 is 0 Å². The van der Waals surface area contributed by atoms with E-state index in [4.69, 9.17) is 9.88 Å². The third kappa shape index (κ3) is 2.10. The third-order valence-electron chi connectivity index (χ3n) is 2.50. The smallest absolute Gasteiger partial charge is 0.129 e. The molecular formula is C9H15N3OS. The summed E-state index contributed by atoms with van der Waals surface area (Å²) >= 11 is 1.19. The highest BCUT2D eigenvalue weighted by atomic mass is 32.2. The number of hydrogen-bond donors (Lipinski definition) is 1. The van der Waals surface area contributed by atoms with Gasteiger partial charge in [0.2, 0.25) is 0 Å². The molecule has 2 N–H and O–H groups in total. The van der Waals surface area contributed by atoms with Gasteiger partial charge in [0.25, 0.3) is 0 Å². The predicted octanol–water partition coefficient (Wildman–Crippen LogP) is 1.34. The van der Waals surface area contributed by atoms with Gasteiger partial charge < -0.3 is 9.30 Å². The highest BCUT2D eigenvalue weighted by molar-refractivity contribution is 7.97.